The first kappa shape index (κ1) is 34.3. The molecule has 2 saturated heterocycles. The fourth-order valence-corrected chi connectivity index (χ4v) is 7.72. The van der Waals surface area contributed by atoms with Crippen LogP contribution in [-0.2, 0) is 20.9 Å². The number of hydrogen-bond donors (Lipinski definition) is 2. The maximum atomic E-state index is 12.2. The molecule has 3 amide bonds. The van der Waals surface area contributed by atoms with E-state index in [4.69, 9.17) is 22.1 Å². The first-order chi connectivity index (χ1) is 22.3. The van der Waals surface area contributed by atoms with Crippen LogP contribution in [0.3, 0.4) is 0 Å². The Hall–Kier alpha value is -3.05. The van der Waals surface area contributed by atoms with Crippen LogP contribution < -0.4 is 15.8 Å². The molecule has 0 aliphatic carbocycles. The second-order valence-corrected chi connectivity index (χ2v) is 14.0. The zero-order valence-corrected chi connectivity index (χ0v) is 28.4. The quantitative estimate of drug-likeness (QED) is 0.138. The first-order valence-corrected chi connectivity index (χ1v) is 17.9. The molecule has 2 aromatic heterocycles. The van der Waals surface area contributed by atoms with Crippen molar-refractivity contribution in [2.45, 2.75) is 90.2 Å². The fraction of sp³-hybridized carbons (Fsp3) is 0.543. The SMILES string of the molecule is Cc1cc(Cl)cc(-c2ccnc3cc(CN4C(=O)CCC4=O)sc23)c1OC1CCN(CCCNC(=O)CCCCCCCN)CC1. The molecule has 0 spiro atoms. The number of imide groups is 1. The number of pyridine rings is 1. The van der Waals surface area contributed by atoms with Crippen LogP contribution in [0.2, 0.25) is 5.02 Å². The minimum absolute atomic E-state index is 0.0860. The van der Waals surface area contributed by atoms with Crippen LogP contribution in [0.25, 0.3) is 21.3 Å². The number of rotatable bonds is 16. The van der Waals surface area contributed by atoms with Gasteiger partial charge in [0, 0.05) is 66.1 Å². The molecule has 248 valence electrons. The van der Waals surface area contributed by atoms with Crippen LogP contribution in [0, 0.1) is 6.92 Å². The number of likely N-dealkylation sites (tertiary alicyclic amines) is 2. The van der Waals surface area contributed by atoms with Gasteiger partial charge in [0.15, 0.2) is 0 Å². The number of carbonyl (C=O) groups is 3. The smallest absolute Gasteiger partial charge is 0.230 e. The molecule has 2 aliphatic heterocycles. The van der Waals surface area contributed by atoms with E-state index in [-0.39, 0.29) is 43.2 Å². The van der Waals surface area contributed by atoms with Crippen molar-refractivity contribution in [2.75, 3.05) is 32.7 Å². The number of nitrogens with one attached hydrogen (secondary N) is 1. The Balaban J connectivity index is 1.15. The summed E-state index contributed by atoms with van der Waals surface area (Å²) in [5.41, 5.74) is 9.23. The van der Waals surface area contributed by atoms with Crippen LogP contribution in [-0.4, -0.2) is 71.3 Å². The van der Waals surface area contributed by atoms with E-state index >= 15 is 0 Å². The van der Waals surface area contributed by atoms with Gasteiger partial charge in [-0.1, -0.05) is 30.9 Å². The van der Waals surface area contributed by atoms with E-state index in [2.05, 4.69) is 15.2 Å². The van der Waals surface area contributed by atoms with Gasteiger partial charge in [-0.2, -0.15) is 0 Å². The predicted octanol–water partition coefficient (Wildman–Crippen LogP) is 6.22. The summed E-state index contributed by atoms with van der Waals surface area (Å²) in [7, 11) is 0. The first-order valence-electron chi connectivity index (χ1n) is 16.7. The van der Waals surface area contributed by atoms with E-state index in [1.165, 1.54) is 4.90 Å². The van der Waals surface area contributed by atoms with Gasteiger partial charge in [0.25, 0.3) is 0 Å². The Kier molecular flexibility index (Phi) is 12.4. The summed E-state index contributed by atoms with van der Waals surface area (Å²) in [6, 6.07) is 7.84. The molecular formula is C35H46ClN5O4S. The van der Waals surface area contributed by atoms with E-state index in [1.807, 2.05) is 31.2 Å². The average Bonchev–Trinajstić information content (AvgIpc) is 3.61. The molecule has 0 saturated carbocycles. The zero-order valence-electron chi connectivity index (χ0n) is 26.8. The summed E-state index contributed by atoms with van der Waals surface area (Å²) in [5, 5.41) is 3.72. The van der Waals surface area contributed by atoms with Gasteiger partial charge in [0.1, 0.15) is 11.9 Å². The summed E-state index contributed by atoms with van der Waals surface area (Å²) in [6.45, 7) is 6.62. The third-order valence-corrected chi connectivity index (χ3v) is 10.2. The Morgan fingerprint density at radius 3 is 2.54 bits per heavy atom. The fourth-order valence-electron chi connectivity index (χ4n) is 6.32. The summed E-state index contributed by atoms with van der Waals surface area (Å²) >= 11 is 8.13. The minimum atomic E-state index is -0.120. The topological polar surface area (TPSA) is 118 Å². The third kappa shape index (κ3) is 9.06. The van der Waals surface area contributed by atoms with Crippen molar-refractivity contribution in [2.24, 2.45) is 5.73 Å². The van der Waals surface area contributed by atoms with Crippen molar-refractivity contribution in [3.8, 4) is 16.9 Å². The number of benzene rings is 1. The van der Waals surface area contributed by atoms with E-state index in [0.29, 0.717) is 18.0 Å². The average molecular weight is 668 g/mol. The third-order valence-electron chi connectivity index (χ3n) is 8.86. The predicted molar refractivity (Wildman–Crippen MR) is 184 cm³/mol. The number of nitrogens with zero attached hydrogens (tertiary/aromatic N) is 3. The van der Waals surface area contributed by atoms with Crippen molar-refractivity contribution in [3.05, 3.63) is 45.9 Å². The molecule has 11 heteroatoms. The molecule has 3 aromatic rings. The van der Waals surface area contributed by atoms with Gasteiger partial charge < -0.3 is 20.7 Å². The van der Waals surface area contributed by atoms with Gasteiger partial charge in [-0.15, -0.1) is 11.3 Å². The molecule has 2 fully saturated rings. The number of halogens is 1. The molecule has 2 aliphatic rings. The number of ether oxygens (including phenoxy) is 1. The number of carbonyl (C=O) groups excluding carboxylic acids is 3. The van der Waals surface area contributed by atoms with Crippen LogP contribution in [0.1, 0.15) is 81.1 Å². The lowest BCUT2D eigenvalue weighted by Gasteiger charge is -2.33. The van der Waals surface area contributed by atoms with Crippen LogP contribution in [0.15, 0.2) is 30.5 Å². The molecule has 3 N–H and O–H groups in total. The number of fused-ring (bicyclic) bond motifs is 1. The Bertz CT molecular complexity index is 1500. The van der Waals surface area contributed by atoms with Gasteiger partial charge in [0.05, 0.1) is 16.8 Å². The highest BCUT2D eigenvalue weighted by atomic mass is 35.5. The molecular weight excluding hydrogens is 622 g/mol. The van der Waals surface area contributed by atoms with E-state index in [9.17, 15) is 14.4 Å². The molecule has 0 radical (unpaired) electrons. The van der Waals surface area contributed by atoms with Crippen molar-refractivity contribution in [1.29, 1.82) is 0 Å². The van der Waals surface area contributed by atoms with Gasteiger partial charge >= 0.3 is 0 Å². The maximum Gasteiger partial charge on any atom is 0.230 e. The highest BCUT2D eigenvalue weighted by Crippen LogP contribution is 2.42. The van der Waals surface area contributed by atoms with Crippen LogP contribution in [0.4, 0.5) is 0 Å². The Morgan fingerprint density at radius 1 is 1.04 bits per heavy atom. The molecule has 4 heterocycles. The number of amides is 3. The zero-order chi connectivity index (χ0) is 32.5. The van der Waals surface area contributed by atoms with Crippen molar-refractivity contribution >= 4 is 50.9 Å². The molecule has 9 nitrogen and oxygen atoms in total. The molecule has 0 unspecified atom stereocenters. The molecule has 0 atom stereocenters. The second kappa shape index (κ2) is 16.7. The lowest BCUT2D eigenvalue weighted by atomic mass is 10.0. The minimum Gasteiger partial charge on any atom is -0.489 e. The molecule has 46 heavy (non-hydrogen) atoms. The number of hydrogen-bond acceptors (Lipinski definition) is 8. The summed E-state index contributed by atoms with van der Waals surface area (Å²) in [5.74, 6) is 0.746. The number of nitrogens with two attached hydrogens (primary N) is 1. The number of aryl methyl sites for hydroxylation is 1. The summed E-state index contributed by atoms with van der Waals surface area (Å²) in [6.07, 6.45) is 11.2. The van der Waals surface area contributed by atoms with E-state index in [0.717, 1.165) is 115 Å². The lowest BCUT2D eigenvalue weighted by molar-refractivity contribution is -0.139. The number of thiophene rings is 1. The normalized spacial score (nSPS) is 16.1. The monoisotopic (exact) mass is 667 g/mol. The van der Waals surface area contributed by atoms with Gasteiger partial charge in [0.2, 0.25) is 17.7 Å². The lowest BCUT2D eigenvalue weighted by Crippen LogP contribution is -2.39. The Morgan fingerprint density at radius 2 is 1.78 bits per heavy atom. The highest BCUT2D eigenvalue weighted by molar-refractivity contribution is 7.19. The molecule has 5 rings (SSSR count). The van der Waals surface area contributed by atoms with Crippen LogP contribution >= 0.6 is 22.9 Å². The van der Waals surface area contributed by atoms with Gasteiger partial charge in [-0.3, -0.25) is 24.3 Å². The summed E-state index contributed by atoms with van der Waals surface area (Å²) < 4.78 is 7.71. The van der Waals surface area contributed by atoms with Crippen LogP contribution in [0.5, 0.6) is 5.75 Å². The van der Waals surface area contributed by atoms with Gasteiger partial charge in [-0.05, 0) is 81.9 Å². The Labute approximate surface area is 280 Å². The number of piperidine rings is 1. The molecule has 1 aromatic carbocycles. The highest BCUT2D eigenvalue weighted by Gasteiger charge is 2.30. The molecule has 0 bridgehead atoms. The van der Waals surface area contributed by atoms with E-state index < -0.39 is 0 Å². The number of aromatic nitrogens is 1. The van der Waals surface area contributed by atoms with Crippen molar-refractivity contribution in [3.63, 3.8) is 0 Å². The summed E-state index contributed by atoms with van der Waals surface area (Å²) in [4.78, 5) is 45.9. The van der Waals surface area contributed by atoms with Gasteiger partial charge in [-0.25, -0.2) is 0 Å². The standard InChI is InChI=1S/C35H46ClN5O4S/c1-24-20-25(36)21-29(28-11-16-38-30-22-27(46-35(28)30)23-41-32(43)9-10-33(41)44)34(24)45-26-12-18-40(19-13-26)17-7-15-39-31(42)8-5-3-2-4-6-14-37/h11,16,20-22,26H,2-10,12-15,17-19,23,37H2,1H3,(H,39,42). The maximum absolute atomic E-state index is 12.2. The number of unbranched alkanes of at least 4 members (excludes halogenated alkanes) is 4. The largest absolute Gasteiger partial charge is 0.489 e. The van der Waals surface area contributed by atoms with Crippen molar-refractivity contribution < 1.29 is 19.1 Å². The van der Waals surface area contributed by atoms with E-state index in [1.54, 1.807) is 17.5 Å². The van der Waals surface area contributed by atoms with Crippen molar-refractivity contribution in [1.82, 2.24) is 20.1 Å². The second-order valence-electron chi connectivity index (χ2n) is 12.4.